The number of pyridine rings is 1. The number of carbonyl (C=O) groups is 4. The standard InChI is InChI=1S/C29H32N4O5/c1-2-9-26(33-29(37)38-20-21-10-4-3-5-11-21)28(36)32-19-24(34)18-31-27(35)17-22-12-8-13-23(16-22)25-14-6-7-15-30-25/h3-8,10-16,26H,2,9,17-20H2,1H3,(H,31,35)(H,32,36)(H,33,37)/t26-/m0/s1. The predicted octanol–water partition coefficient (Wildman–Crippen LogP) is 3.19. The van der Waals surface area contributed by atoms with Crippen LogP contribution in [0.5, 0.6) is 0 Å². The van der Waals surface area contributed by atoms with E-state index in [1.54, 1.807) is 6.20 Å². The predicted molar refractivity (Wildman–Crippen MR) is 143 cm³/mol. The van der Waals surface area contributed by atoms with Crippen molar-refractivity contribution in [2.24, 2.45) is 0 Å². The highest BCUT2D eigenvalue weighted by Gasteiger charge is 2.21. The maximum absolute atomic E-state index is 12.5. The molecule has 0 saturated heterocycles. The second-order valence-corrected chi connectivity index (χ2v) is 8.67. The van der Waals surface area contributed by atoms with Crippen molar-refractivity contribution in [3.63, 3.8) is 0 Å². The van der Waals surface area contributed by atoms with Gasteiger partial charge in [0.2, 0.25) is 11.8 Å². The number of alkyl carbamates (subject to hydrolysis) is 1. The van der Waals surface area contributed by atoms with E-state index in [-0.39, 0.29) is 37.8 Å². The third kappa shape index (κ3) is 9.50. The molecule has 0 radical (unpaired) electrons. The van der Waals surface area contributed by atoms with Gasteiger partial charge in [0.25, 0.3) is 0 Å². The zero-order valence-corrected chi connectivity index (χ0v) is 21.3. The number of hydrogen-bond acceptors (Lipinski definition) is 6. The van der Waals surface area contributed by atoms with Crippen molar-refractivity contribution in [3.05, 3.63) is 90.1 Å². The molecule has 2 aromatic carbocycles. The lowest BCUT2D eigenvalue weighted by Gasteiger charge is -2.17. The van der Waals surface area contributed by atoms with Crippen LogP contribution >= 0.6 is 0 Å². The number of amides is 3. The molecule has 0 aliphatic carbocycles. The van der Waals surface area contributed by atoms with Crippen LogP contribution < -0.4 is 16.0 Å². The van der Waals surface area contributed by atoms with E-state index in [0.717, 1.165) is 22.4 Å². The van der Waals surface area contributed by atoms with E-state index in [9.17, 15) is 19.2 Å². The Hall–Kier alpha value is -4.53. The van der Waals surface area contributed by atoms with Gasteiger partial charge in [0, 0.05) is 11.8 Å². The van der Waals surface area contributed by atoms with Crippen LogP contribution in [-0.2, 0) is 32.1 Å². The lowest BCUT2D eigenvalue weighted by atomic mass is 10.1. The third-order valence-electron chi connectivity index (χ3n) is 5.59. The number of benzene rings is 2. The molecule has 0 bridgehead atoms. The van der Waals surface area contributed by atoms with Gasteiger partial charge in [-0.15, -0.1) is 0 Å². The number of carbonyl (C=O) groups excluding carboxylic acids is 4. The smallest absolute Gasteiger partial charge is 0.408 e. The minimum Gasteiger partial charge on any atom is -0.445 e. The first kappa shape index (κ1) is 28.0. The molecule has 3 aromatic rings. The second-order valence-electron chi connectivity index (χ2n) is 8.67. The van der Waals surface area contributed by atoms with Gasteiger partial charge in [-0.2, -0.15) is 0 Å². The van der Waals surface area contributed by atoms with Crippen LogP contribution in [0.15, 0.2) is 79.0 Å². The van der Waals surface area contributed by atoms with Gasteiger partial charge in [0.15, 0.2) is 5.78 Å². The van der Waals surface area contributed by atoms with E-state index in [2.05, 4.69) is 20.9 Å². The SMILES string of the molecule is CCC[C@H](NC(=O)OCc1ccccc1)C(=O)NCC(=O)CNC(=O)Cc1cccc(-c2ccccn2)c1. The molecular formula is C29H32N4O5. The Bertz CT molecular complexity index is 1220. The Morgan fingerprint density at radius 1 is 0.868 bits per heavy atom. The minimum absolute atomic E-state index is 0.0821. The number of Topliss-reactive ketones (excluding diaryl/α,β-unsaturated/α-hetero) is 1. The molecular weight excluding hydrogens is 484 g/mol. The molecule has 1 heterocycles. The van der Waals surface area contributed by atoms with Crippen molar-refractivity contribution in [2.75, 3.05) is 13.1 Å². The first-order valence-electron chi connectivity index (χ1n) is 12.5. The zero-order chi connectivity index (χ0) is 27.2. The first-order valence-corrected chi connectivity index (χ1v) is 12.5. The van der Waals surface area contributed by atoms with E-state index in [4.69, 9.17) is 4.74 Å². The van der Waals surface area contributed by atoms with Gasteiger partial charge in [-0.25, -0.2) is 4.79 Å². The zero-order valence-electron chi connectivity index (χ0n) is 21.3. The quantitative estimate of drug-likeness (QED) is 0.320. The molecule has 9 nitrogen and oxygen atoms in total. The summed E-state index contributed by atoms with van der Waals surface area (Å²) < 4.78 is 5.18. The lowest BCUT2D eigenvalue weighted by Crippen LogP contribution is -2.48. The Labute approximate surface area is 222 Å². The summed E-state index contributed by atoms with van der Waals surface area (Å²) in [5.41, 5.74) is 3.32. The van der Waals surface area contributed by atoms with Crippen LogP contribution in [0.3, 0.4) is 0 Å². The van der Waals surface area contributed by atoms with E-state index in [0.29, 0.717) is 12.8 Å². The number of aromatic nitrogens is 1. The Morgan fingerprint density at radius 3 is 2.34 bits per heavy atom. The van der Waals surface area contributed by atoms with Crippen LogP contribution in [0.25, 0.3) is 11.3 Å². The number of nitrogens with one attached hydrogen (secondary N) is 3. The molecule has 0 spiro atoms. The molecule has 1 atom stereocenters. The first-order chi connectivity index (χ1) is 18.4. The Balaban J connectivity index is 1.40. The topological polar surface area (TPSA) is 126 Å². The van der Waals surface area contributed by atoms with E-state index in [1.165, 1.54) is 0 Å². The summed E-state index contributed by atoms with van der Waals surface area (Å²) in [5, 5.41) is 7.66. The average Bonchev–Trinajstić information content (AvgIpc) is 2.94. The molecule has 1 aromatic heterocycles. The van der Waals surface area contributed by atoms with E-state index >= 15 is 0 Å². The largest absolute Gasteiger partial charge is 0.445 e. The van der Waals surface area contributed by atoms with E-state index in [1.807, 2.05) is 79.7 Å². The fourth-order valence-corrected chi connectivity index (χ4v) is 3.66. The average molecular weight is 517 g/mol. The van der Waals surface area contributed by atoms with Gasteiger partial charge in [-0.3, -0.25) is 19.4 Å². The molecule has 0 fully saturated rings. The fraction of sp³-hybridized carbons (Fsp3) is 0.276. The summed E-state index contributed by atoms with van der Waals surface area (Å²) in [6, 6.07) is 21.5. The molecule has 0 aliphatic rings. The second kappa shape index (κ2) is 14.9. The van der Waals surface area contributed by atoms with Crippen LogP contribution in [0.4, 0.5) is 4.79 Å². The van der Waals surface area contributed by atoms with Gasteiger partial charge in [0.1, 0.15) is 12.6 Å². The number of rotatable bonds is 13. The lowest BCUT2D eigenvalue weighted by molar-refractivity contribution is -0.127. The maximum atomic E-state index is 12.5. The molecule has 9 heteroatoms. The molecule has 3 N–H and O–H groups in total. The van der Waals surface area contributed by atoms with Gasteiger partial charge >= 0.3 is 6.09 Å². The van der Waals surface area contributed by atoms with Gasteiger partial charge in [0.05, 0.1) is 25.2 Å². The molecule has 0 saturated carbocycles. The minimum atomic E-state index is -0.836. The summed E-state index contributed by atoms with van der Waals surface area (Å²) >= 11 is 0. The number of ether oxygens (including phenoxy) is 1. The number of ketones is 1. The maximum Gasteiger partial charge on any atom is 0.408 e. The number of nitrogens with zero attached hydrogens (tertiary/aromatic N) is 1. The van der Waals surface area contributed by atoms with Crippen molar-refractivity contribution in [2.45, 2.75) is 38.8 Å². The van der Waals surface area contributed by atoms with Crippen LogP contribution in [-0.4, -0.2) is 47.8 Å². The monoisotopic (exact) mass is 516 g/mol. The molecule has 0 unspecified atom stereocenters. The van der Waals surface area contributed by atoms with Crippen LogP contribution in [0.2, 0.25) is 0 Å². The van der Waals surface area contributed by atoms with Gasteiger partial charge < -0.3 is 20.7 Å². The van der Waals surface area contributed by atoms with Crippen molar-refractivity contribution in [1.82, 2.24) is 20.9 Å². The van der Waals surface area contributed by atoms with Crippen molar-refractivity contribution in [3.8, 4) is 11.3 Å². The summed E-state index contributed by atoms with van der Waals surface area (Å²) in [4.78, 5) is 53.6. The van der Waals surface area contributed by atoms with Crippen molar-refractivity contribution in [1.29, 1.82) is 0 Å². The highest BCUT2D eigenvalue weighted by molar-refractivity contribution is 5.92. The summed E-state index contributed by atoms with van der Waals surface area (Å²) in [7, 11) is 0. The van der Waals surface area contributed by atoms with E-state index < -0.39 is 18.0 Å². The Morgan fingerprint density at radius 2 is 1.61 bits per heavy atom. The normalized spacial score (nSPS) is 11.2. The third-order valence-corrected chi connectivity index (χ3v) is 5.59. The molecule has 0 aliphatic heterocycles. The van der Waals surface area contributed by atoms with Crippen molar-refractivity contribution >= 4 is 23.7 Å². The summed E-state index contributed by atoms with van der Waals surface area (Å²) in [5.74, 6) is -1.17. The number of hydrogen-bond donors (Lipinski definition) is 3. The highest BCUT2D eigenvalue weighted by Crippen LogP contribution is 2.18. The molecule has 3 rings (SSSR count). The molecule has 198 valence electrons. The Kier molecular flexibility index (Phi) is 11.0. The fourth-order valence-electron chi connectivity index (χ4n) is 3.66. The summed E-state index contributed by atoms with van der Waals surface area (Å²) in [6.45, 7) is 1.47. The molecule has 38 heavy (non-hydrogen) atoms. The molecule has 3 amide bonds. The van der Waals surface area contributed by atoms with Gasteiger partial charge in [-0.1, -0.05) is 67.9 Å². The van der Waals surface area contributed by atoms with Gasteiger partial charge in [-0.05, 0) is 35.7 Å². The van der Waals surface area contributed by atoms with Crippen LogP contribution in [0.1, 0.15) is 30.9 Å². The van der Waals surface area contributed by atoms with Crippen LogP contribution in [0, 0.1) is 0 Å². The highest BCUT2D eigenvalue weighted by atomic mass is 16.5. The summed E-state index contributed by atoms with van der Waals surface area (Å²) in [6.07, 6.45) is 2.12. The van der Waals surface area contributed by atoms with Crippen molar-refractivity contribution < 1.29 is 23.9 Å².